The normalized spacial score (nSPS) is 12.7. The van der Waals surface area contributed by atoms with Crippen LogP contribution in [0, 0.1) is 0 Å². The molecule has 2 aromatic rings. The standard InChI is InChI=1S/C14H20N4O/c1-3-13-17-10-7-5-6-8-12(10)18(13)9-11(14(15)19)16-4-2/h5-8,11,16H,3-4,9H2,1-2H3,(H2,15,19). The molecule has 1 heterocycles. The van der Waals surface area contributed by atoms with Gasteiger partial charge in [-0.15, -0.1) is 0 Å². The molecule has 3 N–H and O–H groups in total. The van der Waals surface area contributed by atoms with Crippen molar-refractivity contribution in [2.24, 2.45) is 5.73 Å². The number of benzene rings is 1. The van der Waals surface area contributed by atoms with E-state index >= 15 is 0 Å². The van der Waals surface area contributed by atoms with Crippen LogP contribution in [0.5, 0.6) is 0 Å². The second-order valence-electron chi connectivity index (χ2n) is 4.49. The van der Waals surface area contributed by atoms with Crippen LogP contribution in [0.15, 0.2) is 24.3 Å². The molecule has 1 aromatic heterocycles. The number of nitrogens with zero attached hydrogens (tertiary/aromatic N) is 2. The Balaban J connectivity index is 2.39. The van der Waals surface area contributed by atoms with Gasteiger partial charge in [0.25, 0.3) is 0 Å². The summed E-state index contributed by atoms with van der Waals surface area (Å²) in [5, 5.41) is 3.11. The Hall–Kier alpha value is -1.88. The molecule has 1 unspecified atom stereocenters. The number of carbonyl (C=O) groups excluding carboxylic acids is 1. The number of hydrogen-bond acceptors (Lipinski definition) is 3. The third-order valence-corrected chi connectivity index (χ3v) is 3.21. The summed E-state index contributed by atoms with van der Waals surface area (Å²) in [4.78, 5) is 16.1. The van der Waals surface area contributed by atoms with Gasteiger partial charge in [0.1, 0.15) is 11.9 Å². The first-order valence-corrected chi connectivity index (χ1v) is 6.64. The number of hydrogen-bond donors (Lipinski definition) is 2. The maximum atomic E-state index is 11.5. The number of fused-ring (bicyclic) bond motifs is 1. The number of para-hydroxylation sites is 2. The van der Waals surface area contributed by atoms with E-state index in [1.54, 1.807) is 0 Å². The summed E-state index contributed by atoms with van der Waals surface area (Å²) >= 11 is 0. The summed E-state index contributed by atoms with van der Waals surface area (Å²) in [5.41, 5.74) is 7.44. The van der Waals surface area contributed by atoms with Gasteiger partial charge >= 0.3 is 0 Å². The van der Waals surface area contributed by atoms with Gasteiger partial charge in [-0.25, -0.2) is 4.98 Å². The highest BCUT2D eigenvalue weighted by Gasteiger charge is 2.18. The fraction of sp³-hybridized carbons (Fsp3) is 0.429. The Labute approximate surface area is 112 Å². The number of likely N-dealkylation sites (N-methyl/N-ethyl adjacent to an activating group) is 1. The van der Waals surface area contributed by atoms with Gasteiger partial charge in [-0.1, -0.05) is 26.0 Å². The van der Waals surface area contributed by atoms with Gasteiger partial charge in [0, 0.05) is 13.0 Å². The van der Waals surface area contributed by atoms with Crippen LogP contribution in [0.3, 0.4) is 0 Å². The average Bonchev–Trinajstić information content (AvgIpc) is 2.76. The van der Waals surface area contributed by atoms with Crippen molar-refractivity contribution in [1.82, 2.24) is 14.9 Å². The van der Waals surface area contributed by atoms with E-state index in [0.29, 0.717) is 13.1 Å². The number of carbonyl (C=O) groups is 1. The van der Waals surface area contributed by atoms with Crippen LogP contribution in [-0.4, -0.2) is 28.0 Å². The monoisotopic (exact) mass is 260 g/mol. The first-order chi connectivity index (χ1) is 9.17. The van der Waals surface area contributed by atoms with Gasteiger partial charge in [0.2, 0.25) is 5.91 Å². The molecule has 0 fully saturated rings. The number of rotatable bonds is 6. The van der Waals surface area contributed by atoms with Crippen molar-refractivity contribution in [2.45, 2.75) is 32.9 Å². The van der Waals surface area contributed by atoms with Gasteiger partial charge in [-0.2, -0.15) is 0 Å². The first kappa shape index (κ1) is 13.5. The average molecular weight is 260 g/mol. The predicted octanol–water partition coefficient (Wildman–Crippen LogP) is 1.06. The summed E-state index contributed by atoms with van der Waals surface area (Å²) in [5.74, 6) is 0.645. The van der Waals surface area contributed by atoms with Crippen LogP contribution in [0.2, 0.25) is 0 Å². The van der Waals surface area contributed by atoms with E-state index in [-0.39, 0.29) is 11.9 Å². The fourth-order valence-corrected chi connectivity index (χ4v) is 2.28. The molecule has 5 heteroatoms. The summed E-state index contributed by atoms with van der Waals surface area (Å²) in [6.45, 7) is 5.25. The molecule has 0 bridgehead atoms. The number of amides is 1. The molecule has 5 nitrogen and oxygen atoms in total. The zero-order valence-corrected chi connectivity index (χ0v) is 11.4. The molecule has 1 amide bonds. The van der Waals surface area contributed by atoms with Crippen molar-refractivity contribution in [1.29, 1.82) is 0 Å². The summed E-state index contributed by atoms with van der Waals surface area (Å²) in [6.07, 6.45) is 0.826. The van der Waals surface area contributed by atoms with E-state index in [4.69, 9.17) is 5.73 Å². The lowest BCUT2D eigenvalue weighted by atomic mass is 10.2. The highest BCUT2D eigenvalue weighted by molar-refractivity contribution is 5.80. The van der Waals surface area contributed by atoms with E-state index in [2.05, 4.69) is 21.8 Å². The van der Waals surface area contributed by atoms with Crippen LogP contribution in [-0.2, 0) is 17.8 Å². The fourth-order valence-electron chi connectivity index (χ4n) is 2.28. The number of aryl methyl sites for hydroxylation is 1. The van der Waals surface area contributed by atoms with Gasteiger partial charge < -0.3 is 15.6 Å². The third kappa shape index (κ3) is 2.76. The molecule has 2 rings (SSSR count). The smallest absolute Gasteiger partial charge is 0.236 e. The maximum Gasteiger partial charge on any atom is 0.236 e. The zero-order valence-electron chi connectivity index (χ0n) is 11.4. The Kier molecular flexibility index (Phi) is 4.16. The van der Waals surface area contributed by atoms with Crippen molar-refractivity contribution >= 4 is 16.9 Å². The van der Waals surface area contributed by atoms with Crippen molar-refractivity contribution in [3.05, 3.63) is 30.1 Å². The highest BCUT2D eigenvalue weighted by atomic mass is 16.1. The summed E-state index contributed by atoms with van der Waals surface area (Å²) < 4.78 is 2.08. The van der Waals surface area contributed by atoms with E-state index in [1.807, 2.05) is 31.2 Å². The molecular formula is C14H20N4O. The van der Waals surface area contributed by atoms with Crippen LogP contribution in [0.4, 0.5) is 0 Å². The molecule has 0 radical (unpaired) electrons. The molecule has 1 aromatic carbocycles. The molecule has 0 aliphatic rings. The number of primary amides is 1. The van der Waals surface area contributed by atoms with Crippen LogP contribution >= 0.6 is 0 Å². The Morgan fingerprint density at radius 1 is 1.42 bits per heavy atom. The molecular weight excluding hydrogens is 240 g/mol. The van der Waals surface area contributed by atoms with Crippen LogP contribution in [0.25, 0.3) is 11.0 Å². The minimum atomic E-state index is -0.368. The lowest BCUT2D eigenvalue weighted by Crippen LogP contribution is -2.44. The lowest BCUT2D eigenvalue weighted by molar-refractivity contribution is -0.120. The van der Waals surface area contributed by atoms with Gasteiger partial charge in [0.15, 0.2) is 0 Å². The van der Waals surface area contributed by atoms with E-state index in [1.165, 1.54) is 0 Å². The van der Waals surface area contributed by atoms with Gasteiger partial charge in [-0.05, 0) is 18.7 Å². The molecule has 102 valence electrons. The second kappa shape index (κ2) is 5.84. The molecule has 19 heavy (non-hydrogen) atoms. The van der Waals surface area contributed by atoms with Crippen molar-refractivity contribution in [2.75, 3.05) is 6.54 Å². The predicted molar refractivity (Wildman–Crippen MR) is 75.8 cm³/mol. The second-order valence-corrected chi connectivity index (χ2v) is 4.49. The number of nitrogens with two attached hydrogens (primary N) is 1. The number of aromatic nitrogens is 2. The van der Waals surface area contributed by atoms with Crippen molar-refractivity contribution in [3.63, 3.8) is 0 Å². The van der Waals surface area contributed by atoms with Crippen LogP contribution in [0.1, 0.15) is 19.7 Å². The van der Waals surface area contributed by atoms with E-state index in [9.17, 15) is 4.79 Å². The van der Waals surface area contributed by atoms with E-state index in [0.717, 1.165) is 23.3 Å². The molecule has 0 aliphatic heterocycles. The number of imidazole rings is 1. The minimum Gasteiger partial charge on any atom is -0.368 e. The van der Waals surface area contributed by atoms with Gasteiger partial charge in [0.05, 0.1) is 11.0 Å². The SMILES string of the molecule is CCNC(Cn1c(CC)nc2ccccc21)C(N)=O. The van der Waals surface area contributed by atoms with E-state index < -0.39 is 0 Å². The summed E-state index contributed by atoms with van der Waals surface area (Å²) in [7, 11) is 0. The molecule has 0 saturated heterocycles. The minimum absolute atomic E-state index is 0.332. The van der Waals surface area contributed by atoms with Crippen molar-refractivity contribution in [3.8, 4) is 0 Å². The molecule has 0 aliphatic carbocycles. The molecule has 0 saturated carbocycles. The van der Waals surface area contributed by atoms with Gasteiger partial charge in [-0.3, -0.25) is 4.79 Å². The first-order valence-electron chi connectivity index (χ1n) is 6.64. The number of nitrogens with one attached hydrogen (secondary N) is 1. The maximum absolute atomic E-state index is 11.5. The Bertz CT molecular complexity index is 576. The highest BCUT2D eigenvalue weighted by Crippen LogP contribution is 2.16. The molecule has 0 spiro atoms. The molecule has 1 atom stereocenters. The Morgan fingerprint density at radius 3 is 2.79 bits per heavy atom. The largest absolute Gasteiger partial charge is 0.368 e. The quantitative estimate of drug-likeness (QED) is 0.815. The topological polar surface area (TPSA) is 72.9 Å². The zero-order chi connectivity index (χ0) is 13.8. The Morgan fingerprint density at radius 2 is 2.16 bits per heavy atom. The van der Waals surface area contributed by atoms with Crippen LogP contribution < -0.4 is 11.1 Å². The third-order valence-electron chi connectivity index (χ3n) is 3.21. The summed E-state index contributed by atoms with van der Waals surface area (Å²) in [6, 6.07) is 7.58. The lowest BCUT2D eigenvalue weighted by Gasteiger charge is -2.17. The van der Waals surface area contributed by atoms with Crippen molar-refractivity contribution < 1.29 is 4.79 Å².